The van der Waals surface area contributed by atoms with Gasteiger partial charge in [-0.3, -0.25) is 0 Å². The van der Waals surface area contributed by atoms with E-state index in [0.29, 0.717) is 17.1 Å². The molecule has 3 rings (SSSR count). The summed E-state index contributed by atoms with van der Waals surface area (Å²) in [5.74, 6) is -0.992. The summed E-state index contributed by atoms with van der Waals surface area (Å²) in [6.07, 6.45) is 0. The second-order valence-electron chi connectivity index (χ2n) is 5.20. The average Bonchev–Trinajstić information content (AvgIpc) is 2.92. The number of benzene rings is 2. The SMILES string of the molecule is COc1ccc(-n2nc(C)c(C(=O)O)c2-c2ccccc2F)cc1. The number of aromatic carboxylic acids is 1. The number of carboxylic acid groups (broad SMARTS) is 1. The van der Waals surface area contributed by atoms with Gasteiger partial charge in [0.1, 0.15) is 17.1 Å². The van der Waals surface area contributed by atoms with Crippen molar-refractivity contribution < 1.29 is 19.0 Å². The highest BCUT2D eigenvalue weighted by Crippen LogP contribution is 2.31. The van der Waals surface area contributed by atoms with E-state index in [2.05, 4.69) is 5.10 Å². The first-order chi connectivity index (χ1) is 11.5. The Morgan fingerprint density at radius 3 is 2.42 bits per heavy atom. The molecule has 0 atom stereocenters. The Morgan fingerprint density at radius 1 is 1.17 bits per heavy atom. The van der Waals surface area contributed by atoms with Gasteiger partial charge in [0.05, 0.1) is 24.2 Å². The highest BCUT2D eigenvalue weighted by atomic mass is 19.1. The van der Waals surface area contributed by atoms with Crippen molar-refractivity contribution in [2.24, 2.45) is 0 Å². The van der Waals surface area contributed by atoms with Gasteiger partial charge in [-0.05, 0) is 43.3 Å². The molecule has 0 fully saturated rings. The van der Waals surface area contributed by atoms with Crippen LogP contribution in [-0.2, 0) is 0 Å². The summed E-state index contributed by atoms with van der Waals surface area (Å²) in [5.41, 5.74) is 1.31. The summed E-state index contributed by atoms with van der Waals surface area (Å²) in [5, 5.41) is 13.8. The van der Waals surface area contributed by atoms with Crippen LogP contribution < -0.4 is 4.74 Å². The van der Waals surface area contributed by atoms with E-state index in [0.717, 1.165) is 0 Å². The van der Waals surface area contributed by atoms with Crippen molar-refractivity contribution in [3.63, 3.8) is 0 Å². The molecule has 0 radical (unpaired) electrons. The number of aromatic nitrogens is 2. The Morgan fingerprint density at radius 2 is 1.83 bits per heavy atom. The fourth-order valence-corrected chi connectivity index (χ4v) is 2.60. The Hall–Kier alpha value is -3.15. The maximum atomic E-state index is 14.3. The van der Waals surface area contributed by atoms with E-state index in [1.165, 1.54) is 16.8 Å². The number of nitrogens with zero attached hydrogens (tertiary/aromatic N) is 2. The molecule has 24 heavy (non-hydrogen) atoms. The molecule has 1 aromatic heterocycles. The summed E-state index contributed by atoms with van der Waals surface area (Å²) in [6, 6.07) is 13.0. The molecule has 122 valence electrons. The van der Waals surface area contributed by atoms with E-state index in [1.807, 2.05) is 0 Å². The zero-order chi connectivity index (χ0) is 17.3. The number of halogens is 1. The second kappa shape index (κ2) is 6.16. The third-order valence-corrected chi connectivity index (χ3v) is 3.72. The zero-order valence-electron chi connectivity index (χ0n) is 13.2. The predicted octanol–water partition coefficient (Wildman–Crippen LogP) is 3.69. The van der Waals surface area contributed by atoms with Crippen LogP contribution in [0.2, 0.25) is 0 Å². The summed E-state index contributed by atoms with van der Waals surface area (Å²) in [7, 11) is 1.56. The van der Waals surface area contributed by atoms with Crippen LogP contribution in [0.25, 0.3) is 16.9 Å². The van der Waals surface area contributed by atoms with Gasteiger partial charge >= 0.3 is 5.97 Å². The third-order valence-electron chi connectivity index (χ3n) is 3.72. The number of carboxylic acids is 1. The van der Waals surface area contributed by atoms with Gasteiger partial charge in [0.2, 0.25) is 0 Å². The molecule has 5 nitrogen and oxygen atoms in total. The van der Waals surface area contributed by atoms with Gasteiger partial charge in [0.15, 0.2) is 0 Å². The molecule has 2 aromatic carbocycles. The normalized spacial score (nSPS) is 10.6. The largest absolute Gasteiger partial charge is 0.497 e. The molecule has 0 aliphatic rings. The van der Waals surface area contributed by atoms with Crippen LogP contribution in [-0.4, -0.2) is 28.0 Å². The van der Waals surface area contributed by atoms with E-state index in [4.69, 9.17) is 4.74 Å². The number of rotatable bonds is 4. The number of methoxy groups -OCH3 is 1. The number of hydrogen-bond donors (Lipinski definition) is 1. The average molecular weight is 326 g/mol. The standard InChI is InChI=1S/C18H15FN2O3/c1-11-16(18(22)23)17(14-5-3-4-6-15(14)19)21(20-11)12-7-9-13(24-2)10-8-12/h3-10H,1-2H3,(H,22,23). The maximum absolute atomic E-state index is 14.3. The summed E-state index contributed by atoms with van der Waals surface area (Å²) < 4.78 is 20.9. The van der Waals surface area contributed by atoms with Gasteiger partial charge in [-0.15, -0.1) is 0 Å². The molecule has 0 saturated carbocycles. The van der Waals surface area contributed by atoms with Crippen LogP contribution >= 0.6 is 0 Å². The van der Waals surface area contributed by atoms with Gasteiger partial charge in [0, 0.05) is 5.56 Å². The van der Waals surface area contributed by atoms with Crippen molar-refractivity contribution in [1.29, 1.82) is 0 Å². The van der Waals surface area contributed by atoms with Crippen LogP contribution in [0, 0.1) is 12.7 Å². The molecule has 1 heterocycles. The molecule has 0 aliphatic heterocycles. The van der Waals surface area contributed by atoms with E-state index >= 15 is 0 Å². The minimum Gasteiger partial charge on any atom is -0.497 e. The molecule has 0 bridgehead atoms. The second-order valence-corrected chi connectivity index (χ2v) is 5.20. The van der Waals surface area contributed by atoms with Crippen molar-refractivity contribution in [1.82, 2.24) is 9.78 Å². The van der Waals surface area contributed by atoms with Crippen molar-refractivity contribution in [3.8, 4) is 22.7 Å². The van der Waals surface area contributed by atoms with E-state index < -0.39 is 11.8 Å². The van der Waals surface area contributed by atoms with Gasteiger partial charge in [0.25, 0.3) is 0 Å². The summed E-state index contributed by atoms with van der Waals surface area (Å²) in [4.78, 5) is 11.7. The fourth-order valence-electron chi connectivity index (χ4n) is 2.60. The van der Waals surface area contributed by atoms with Crippen LogP contribution in [0.4, 0.5) is 4.39 Å². The number of ether oxygens (including phenoxy) is 1. The van der Waals surface area contributed by atoms with E-state index in [1.54, 1.807) is 50.4 Å². The molecule has 0 amide bonds. The van der Waals surface area contributed by atoms with Crippen molar-refractivity contribution >= 4 is 5.97 Å². The summed E-state index contributed by atoms with van der Waals surface area (Å²) >= 11 is 0. The minimum absolute atomic E-state index is 0.0177. The Labute approximate surface area is 137 Å². The van der Waals surface area contributed by atoms with Gasteiger partial charge in [-0.1, -0.05) is 12.1 Å². The molecular weight excluding hydrogens is 311 g/mol. The lowest BCUT2D eigenvalue weighted by Gasteiger charge is -2.10. The van der Waals surface area contributed by atoms with Crippen LogP contribution in [0.5, 0.6) is 5.75 Å². The van der Waals surface area contributed by atoms with Crippen molar-refractivity contribution in [3.05, 3.63) is 65.6 Å². The smallest absolute Gasteiger partial charge is 0.339 e. The molecule has 3 aromatic rings. The Kier molecular flexibility index (Phi) is 4.04. The Bertz CT molecular complexity index is 901. The lowest BCUT2D eigenvalue weighted by atomic mass is 10.1. The van der Waals surface area contributed by atoms with Gasteiger partial charge in [-0.2, -0.15) is 5.10 Å². The molecule has 0 aliphatic carbocycles. The monoisotopic (exact) mass is 326 g/mol. The predicted molar refractivity (Wildman–Crippen MR) is 87.2 cm³/mol. The highest BCUT2D eigenvalue weighted by Gasteiger charge is 2.25. The molecule has 0 unspecified atom stereocenters. The topological polar surface area (TPSA) is 64.4 Å². The maximum Gasteiger partial charge on any atom is 0.339 e. The first-order valence-corrected chi connectivity index (χ1v) is 7.25. The first kappa shape index (κ1) is 15.7. The summed E-state index contributed by atoms with van der Waals surface area (Å²) in [6.45, 7) is 1.59. The van der Waals surface area contributed by atoms with Gasteiger partial charge < -0.3 is 9.84 Å². The quantitative estimate of drug-likeness (QED) is 0.794. The van der Waals surface area contributed by atoms with Gasteiger partial charge in [-0.25, -0.2) is 13.9 Å². The van der Waals surface area contributed by atoms with Crippen LogP contribution in [0.1, 0.15) is 16.1 Å². The van der Waals surface area contributed by atoms with Crippen LogP contribution in [0.15, 0.2) is 48.5 Å². The van der Waals surface area contributed by atoms with E-state index in [-0.39, 0.29) is 16.8 Å². The minimum atomic E-state index is -1.15. The van der Waals surface area contributed by atoms with Crippen LogP contribution in [0.3, 0.4) is 0 Å². The Balaban J connectivity index is 2.28. The first-order valence-electron chi connectivity index (χ1n) is 7.25. The number of carbonyl (C=O) groups is 1. The lowest BCUT2D eigenvalue weighted by molar-refractivity contribution is 0.0697. The highest BCUT2D eigenvalue weighted by molar-refractivity contribution is 5.96. The lowest BCUT2D eigenvalue weighted by Crippen LogP contribution is -2.04. The third kappa shape index (κ3) is 2.62. The molecular formula is C18H15FN2O3. The molecule has 0 saturated heterocycles. The molecule has 6 heteroatoms. The number of hydrogen-bond acceptors (Lipinski definition) is 3. The van der Waals surface area contributed by atoms with Crippen molar-refractivity contribution in [2.75, 3.05) is 7.11 Å². The van der Waals surface area contributed by atoms with E-state index in [9.17, 15) is 14.3 Å². The molecule has 1 N–H and O–H groups in total. The molecule has 0 spiro atoms. The fraction of sp³-hybridized carbons (Fsp3) is 0.111. The number of aryl methyl sites for hydroxylation is 1. The zero-order valence-corrected chi connectivity index (χ0v) is 13.2. The van der Waals surface area contributed by atoms with Crippen molar-refractivity contribution in [2.45, 2.75) is 6.92 Å².